The molecule has 1 N–H and O–H groups in total. The molecule has 1 heterocycles. The number of nitrogens with one attached hydrogen (secondary N) is 1. The van der Waals surface area contributed by atoms with Crippen molar-refractivity contribution in [2.45, 2.75) is 17.7 Å². The second-order valence-corrected chi connectivity index (χ2v) is 8.14. The van der Waals surface area contributed by atoms with E-state index in [4.69, 9.17) is 0 Å². The minimum atomic E-state index is -3.72. The van der Waals surface area contributed by atoms with E-state index < -0.39 is 14.9 Å². The van der Waals surface area contributed by atoms with Crippen LogP contribution in [0.25, 0.3) is 6.08 Å². The maximum absolute atomic E-state index is 12.6. The smallest absolute Gasteiger partial charge is 0.272 e. The van der Waals surface area contributed by atoms with Crippen LogP contribution in [-0.2, 0) is 10.0 Å². The molecule has 0 spiro atoms. The van der Waals surface area contributed by atoms with Crippen molar-refractivity contribution >= 4 is 33.7 Å². The Hall–Kier alpha value is -3.04. The molecular formula is C19H20N4O4S. The fourth-order valence-electron chi connectivity index (χ4n) is 2.86. The van der Waals surface area contributed by atoms with Gasteiger partial charge in [0.05, 0.1) is 9.82 Å². The monoisotopic (exact) mass is 400 g/mol. The SMILES string of the molecule is O=[N+]([O-])c1cc(S(=O)(=O)N2CCCC2)ccc1NN=CC=Cc1ccccc1. The largest absolute Gasteiger partial charge is 0.295 e. The molecule has 9 heteroatoms. The van der Waals surface area contributed by atoms with E-state index in [-0.39, 0.29) is 16.3 Å². The Balaban J connectivity index is 1.75. The van der Waals surface area contributed by atoms with Crippen LogP contribution in [0.1, 0.15) is 18.4 Å². The summed E-state index contributed by atoms with van der Waals surface area (Å²) in [5.74, 6) is 0. The molecule has 1 fully saturated rings. The average Bonchev–Trinajstić information content (AvgIpc) is 3.24. The van der Waals surface area contributed by atoms with Crippen LogP contribution in [-0.4, -0.2) is 37.0 Å². The van der Waals surface area contributed by atoms with Gasteiger partial charge >= 0.3 is 0 Å². The first kappa shape index (κ1) is 19.7. The summed E-state index contributed by atoms with van der Waals surface area (Å²) >= 11 is 0. The van der Waals surface area contributed by atoms with Crippen LogP contribution in [0.15, 0.2) is 64.6 Å². The molecule has 2 aromatic carbocycles. The van der Waals surface area contributed by atoms with E-state index in [9.17, 15) is 18.5 Å². The predicted molar refractivity (Wildman–Crippen MR) is 109 cm³/mol. The summed E-state index contributed by atoms with van der Waals surface area (Å²) in [5.41, 5.74) is 3.37. The first-order valence-corrected chi connectivity index (χ1v) is 10.2. The van der Waals surface area contributed by atoms with Crippen molar-refractivity contribution in [3.8, 4) is 0 Å². The minimum absolute atomic E-state index is 0.0837. The Kier molecular flexibility index (Phi) is 6.17. The first-order chi connectivity index (χ1) is 13.5. The van der Waals surface area contributed by atoms with Crippen LogP contribution >= 0.6 is 0 Å². The molecule has 0 bridgehead atoms. The fraction of sp³-hybridized carbons (Fsp3) is 0.211. The third-order valence-electron chi connectivity index (χ3n) is 4.30. The molecule has 8 nitrogen and oxygen atoms in total. The van der Waals surface area contributed by atoms with Crippen LogP contribution in [0.5, 0.6) is 0 Å². The summed E-state index contributed by atoms with van der Waals surface area (Å²) in [6.07, 6.45) is 6.59. The Morgan fingerprint density at radius 1 is 1.11 bits per heavy atom. The number of hydrogen-bond donors (Lipinski definition) is 1. The predicted octanol–water partition coefficient (Wildman–Crippen LogP) is 3.49. The Morgan fingerprint density at radius 2 is 1.82 bits per heavy atom. The van der Waals surface area contributed by atoms with Gasteiger partial charge < -0.3 is 0 Å². The molecule has 0 saturated carbocycles. The molecule has 0 unspecified atom stereocenters. The van der Waals surface area contributed by atoms with Crippen molar-refractivity contribution in [1.29, 1.82) is 0 Å². The molecule has 0 radical (unpaired) electrons. The van der Waals surface area contributed by atoms with Crippen molar-refractivity contribution in [3.05, 3.63) is 70.3 Å². The molecule has 1 aliphatic rings. The summed E-state index contributed by atoms with van der Waals surface area (Å²) < 4.78 is 26.6. The van der Waals surface area contributed by atoms with Crippen molar-refractivity contribution < 1.29 is 13.3 Å². The standard InChI is InChI=1S/C19H20N4O4S/c24-23(25)19-15-17(28(26,27)22-13-4-5-14-22)10-11-18(19)21-20-12-6-9-16-7-2-1-3-8-16/h1-3,6-12,15,21H,4-5,13-14H2. The van der Waals surface area contributed by atoms with Gasteiger partial charge in [0.25, 0.3) is 5.69 Å². The molecule has 0 aliphatic carbocycles. The van der Waals surface area contributed by atoms with E-state index in [0.717, 1.165) is 24.5 Å². The second kappa shape index (κ2) is 8.77. The Bertz CT molecular complexity index is 998. The van der Waals surface area contributed by atoms with Gasteiger partial charge in [-0.05, 0) is 36.6 Å². The molecule has 0 atom stereocenters. The number of sulfonamides is 1. The van der Waals surface area contributed by atoms with Crippen molar-refractivity contribution in [1.82, 2.24) is 4.31 Å². The number of nitro benzene ring substituents is 1. The van der Waals surface area contributed by atoms with E-state index in [1.165, 1.54) is 22.7 Å². The lowest BCUT2D eigenvalue weighted by atomic mass is 10.2. The van der Waals surface area contributed by atoms with E-state index in [1.807, 2.05) is 36.4 Å². The average molecular weight is 400 g/mol. The lowest BCUT2D eigenvalue weighted by Crippen LogP contribution is -2.27. The van der Waals surface area contributed by atoms with E-state index in [0.29, 0.717) is 13.1 Å². The van der Waals surface area contributed by atoms with Gasteiger partial charge in [0.1, 0.15) is 5.69 Å². The number of anilines is 1. The fourth-order valence-corrected chi connectivity index (χ4v) is 4.40. The molecule has 2 aromatic rings. The highest BCUT2D eigenvalue weighted by Crippen LogP contribution is 2.30. The first-order valence-electron chi connectivity index (χ1n) is 8.78. The number of hydrazone groups is 1. The zero-order valence-corrected chi connectivity index (χ0v) is 15.9. The van der Waals surface area contributed by atoms with Gasteiger partial charge in [-0.15, -0.1) is 0 Å². The Morgan fingerprint density at radius 3 is 2.50 bits per heavy atom. The maximum Gasteiger partial charge on any atom is 0.295 e. The van der Waals surface area contributed by atoms with E-state index >= 15 is 0 Å². The van der Waals surface area contributed by atoms with Crippen LogP contribution < -0.4 is 5.43 Å². The molecule has 146 valence electrons. The van der Waals surface area contributed by atoms with E-state index in [2.05, 4.69) is 10.5 Å². The van der Waals surface area contributed by atoms with Crippen LogP contribution in [0.4, 0.5) is 11.4 Å². The summed E-state index contributed by atoms with van der Waals surface area (Å²) in [6.45, 7) is 0.877. The van der Waals surface area contributed by atoms with Gasteiger partial charge in [0, 0.05) is 25.4 Å². The normalized spacial score (nSPS) is 15.4. The second-order valence-electron chi connectivity index (χ2n) is 6.21. The van der Waals surface area contributed by atoms with Crippen molar-refractivity contribution in [2.75, 3.05) is 18.5 Å². The topological polar surface area (TPSA) is 105 Å². The molecule has 0 aromatic heterocycles. The van der Waals surface area contributed by atoms with Crippen molar-refractivity contribution in [2.24, 2.45) is 5.10 Å². The van der Waals surface area contributed by atoms with Crippen LogP contribution in [0.2, 0.25) is 0 Å². The third kappa shape index (κ3) is 4.62. The number of hydrogen-bond acceptors (Lipinski definition) is 6. The van der Waals surface area contributed by atoms with Crippen LogP contribution in [0.3, 0.4) is 0 Å². The highest BCUT2D eigenvalue weighted by molar-refractivity contribution is 7.89. The van der Waals surface area contributed by atoms with Gasteiger partial charge in [0.15, 0.2) is 0 Å². The molecule has 28 heavy (non-hydrogen) atoms. The van der Waals surface area contributed by atoms with Crippen molar-refractivity contribution in [3.63, 3.8) is 0 Å². The van der Waals surface area contributed by atoms with Gasteiger partial charge in [-0.1, -0.05) is 36.4 Å². The molecule has 1 saturated heterocycles. The Labute approximate surface area is 163 Å². The number of allylic oxidation sites excluding steroid dienone is 1. The molecular weight excluding hydrogens is 380 g/mol. The zero-order valence-electron chi connectivity index (χ0n) is 15.1. The molecule has 0 amide bonds. The van der Waals surface area contributed by atoms with Crippen LogP contribution in [0, 0.1) is 10.1 Å². The zero-order chi connectivity index (χ0) is 20.0. The van der Waals surface area contributed by atoms with E-state index in [1.54, 1.807) is 6.08 Å². The number of nitrogens with zero attached hydrogens (tertiary/aromatic N) is 3. The quantitative estimate of drug-likeness (QED) is 0.435. The highest BCUT2D eigenvalue weighted by Gasteiger charge is 2.29. The van der Waals surface area contributed by atoms with Gasteiger partial charge in [-0.3, -0.25) is 15.5 Å². The number of rotatable bonds is 7. The summed E-state index contributed by atoms with van der Waals surface area (Å²) in [6, 6.07) is 13.4. The minimum Gasteiger partial charge on any atom is -0.272 e. The van der Waals surface area contributed by atoms with Gasteiger partial charge in [-0.2, -0.15) is 9.41 Å². The molecule has 1 aliphatic heterocycles. The lowest BCUT2D eigenvalue weighted by molar-refractivity contribution is -0.384. The lowest BCUT2D eigenvalue weighted by Gasteiger charge is -2.15. The summed E-state index contributed by atoms with van der Waals surface area (Å²) in [5, 5.41) is 15.3. The highest BCUT2D eigenvalue weighted by atomic mass is 32.2. The maximum atomic E-state index is 12.6. The third-order valence-corrected chi connectivity index (χ3v) is 6.20. The summed E-state index contributed by atoms with van der Waals surface area (Å²) in [7, 11) is -3.72. The number of benzene rings is 2. The molecule has 3 rings (SSSR count). The summed E-state index contributed by atoms with van der Waals surface area (Å²) in [4.78, 5) is 10.7. The van der Waals surface area contributed by atoms with Gasteiger partial charge in [0.2, 0.25) is 10.0 Å². The van der Waals surface area contributed by atoms with Gasteiger partial charge in [-0.25, -0.2) is 8.42 Å². The number of nitro groups is 1.